The molecule has 1 heterocycles. The number of benzene rings is 3. The van der Waals surface area contributed by atoms with Gasteiger partial charge >= 0.3 is 0 Å². The predicted molar refractivity (Wildman–Crippen MR) is 128 cm³/mol. The van der Waals surface area contributed by atoms with E-state index in [0.29, 0.717) is 30.8 Å². The Labute approximate surface area is 198 Å². The van der Waals surface area contributed by atoms with Crippen molar-refractivity contribution in [1.82, 2.24) is 9.80 Å². The average Bonchev–Trinajstić information content (AvgIpc) is 3.04. The molecule has 2 aliphatic rings. The number of halogens is 2. The first-order valence-corrected chi connectivity index (χ1v) is 12.0. The van der Waals surface area contributed by atoms with Crippen LogP contribution in [0.2, 0.25) is 0 Å². The third-order valence-electron chi connectivity index (χ3n) is 7.35. The van der Waals surface area contributed by atoms with Gasteiger partial charge < -0.3 is 9.80 Å². The van der Waals surface area contributed by atoms with Gasteiger partial charge in [-0.2, -0.15) is 0 Å². The van der Waals surface area contributed by atoms with Crippen molar-refractivity contribution in [2.45, 2.75) is 38.6 Å². The Morgan fingerprint density at radius 2 is 1.59 bits per heavy atom. The van der Waals surface area contributed by atoms with Gasteiger partial charge in [0.1, 0.15) is 11.6 Å². The van der Waals surface area contributed by atoms with Gasteiger partial charge in [0.25, 0.3) is 11.8 Å². The smallest absolute Gasteiger partial charge is 0.256 e. The number of nitrogens with zero attached hydrogens (tertiary/aromatic N) is 2. The summed E-state index contributed by atoms with van der Waals surface area (Å²) in [5, 5.41) is 1.58. The Bertz CT molecular complexity index is 1260. The van der Waals surface area contributed by atoms with E-state index in [-0.39, 0.29) is 35.2 Å². The first kappa shape index (κ1) is 22.5. The summed E-state index contributed by atoms with van der Waals surface area (Å²) in [7, 11) is 0. The second-order valence-electron chi connectivity index (χ2n) is 9.50. The van der Waals surface area contributed by atoms with Crippen LogP contribution >= 0.6 is 0 Å². The lowest BCUT2D eigenvalue weighted by Gasteiger charge is -2.38. The molecule has 5 rings (SSSR count). The molecule has 176 valence electrons. The zero-order chi connectivity index (χ0) is 23.8. The molecule has 2 amide bonds. The molecule has 0 aromatic heterocycles. The van der Waals surface area contributed by atoms with Gasteiger partial charge in [0.2, 0.25) is 0 Å². The van der Waals surface area contributed by atoms with E-state index in [4.69, 9.17) is 0 Å². The first-order valence-electron chi connectivity index (χ1n) is 12.0. The van der Waals surface area contributed by atoms with Crippen molar-refractivity contribution in [3.63, 3.8) is 0 Å². The van der Waals surface area contributed by atoms with Crippen LogP contribution in [0.15, 0.2) is 54.6 Å². The van der Waals surface area contributed by atoms with Crippen molar-refractivity contribution in [3.8, 4) is 0 Å². The van der Waals surface area contributed by atoms with Crippen molar-refractivity contribution in [3.05, 3.63) is 82.9 Å². The highest BCUT2D eigenvalue weighted by Crippen LogP contribution is 2.33. The highest BCUT2D eigenvalue weighted by molar-refractivity contribution is 5.99. The van der Waals surface area contributed by atoms with Gasteiger partial charge in [-0.15, -0.1) is 0 Å². The molecular formula is C28H28F2N2O2. The number of fused-ring (bicyclic) bond motifs is 2. The Balaban J connectivity index is 1.43. The first-order chi connectivity index (χ1) is 16.4. The number of rotatable bonds is 2. The number of amides is 2. The van der Waals surface area contributed by atoms with Crippen LogP contribution in [-0.4, -0.2) is 47.3 Å². The zero-order valence-corrected chi connectivity index (χ0v) is 19.3. The molecule has 1 aliphatic carbocycles. The van der Waals surface area contributed by atoms with Gasteiger partial charge in [-0.25, -0.2) is 8.78 Å². The minimum atomic E-state index is -0.525. The van der Waals surface area contributed by atoms with E-state index in [0.717, 1.165) is 36.5 Å². The van der Waals surface area contributed by atoms with Crippen LogP contribution in [-0.2, 0) is 0 Å². The molecule has 3 aromatic carbocycles. The summed E-state index contributed by atoms with van der Waals surface area (Å²) in [5.41, 5.74) is 0.966. The average molecular weight is 463 g/mol. The number of hydrogen-bond donors (Lipinski definition) is 0. The second-order valence-corrected chi connectivity index (χ2v) is 9.50. The quantitative estimate of drug-likeness (QED) is 0.499. The summed E-state index contributed by atoms with van der Waals surface area (Å²) in [6, 6.07) is 14.9. The van der Waals surface area contributed by atoms with E-state index in [1.807, 2.05) is 29.2 Å². The molecule has 4 nitrogen and oxygen atoms in total. The lowest BCUT2D eigenvalue weighted by Crippen LogP contribution is -2.46. The van der Waals surface area contributed by atoms with E-state index in [1.165, 1.54) is 18.2 Å². The predicted octanol–water partition coefficient (Wildman–Crippen LogP) is 5.58. The molecule has 3 aromatic rings. The van der Waals surface area contributed by atoms with Gasteiger partial charge in [0, 0.05) is 31.2 Å². The van der Waals surface area contributed by atoms with Crippen molar-refractivity contribution >= 4 is 22.6 Å². The molecule has 2 fully saturated rings. The highest BCUT2D eigenvalue weighted by atomic mass is 19.1. The van der Waals surface area contributed by atoms with Gasteiger partial charge in [-0.1, -0.05) is 37.1 Å². The Kier molecular flexibility index (Phi) is 6.07. The minimum absolute atomic E-state index is 0.0193. The van der Waals surface area contributed by atoms with Gasteiger partial charge in [0.05, 0.1) is 5.56 Å². The maximum atomic E-state index is 14.9. The Morgan fingerprint density at radius 1 is 0.853 bits per heavy atom. The highest BCUT2D eigenvalue weighted by Gasteiger charge is 2.38. The Hall–Kier alpha value is -3.28. The largest absolute Gasteiger partial charge is 0.336 e. The molecule has 2 unspecified atom stereocenters. The Morgan fingerprint density at radius 3 is 2.35 bits per heavy atom. The van der Waals surface area contributed by atoms with Crippen LogP contribution in [0.5, 0.6) is 0 Å². The fourth-order valence-corrected chi connectivity index (χ4v) is 5.51. The van der Waals surface area contributed by atoms with Crippen molar-refractivity contribution < 1.29 is 18.4 Å². The van der Waals surface area contributed by atoms with E-state index in [2.05, 4.69) is 0 Å². The summed E-state index contributed by atoms with van der Waals surface area (Å²) in [6.07, 6.45) is 3.87. The molecular weight excluding hydrogens is 434 g/mol. The minimum Gasteiger partial charge on any atom is -0.336 e. The lowest BCUT2D eigenvalue weighted by molar-refractivity contribution is 0.0584. The van der Waals surface area contributed by atoms with Gasteiger partial charge in [-0.3, -0.25) is 9.59 Å². The van der Waals surface area contributed by atoms with Gasteiger partial charge in [-0.05, 0) is 72.4 Å². The van der Waals surface area contributed by atoms with Crippen molar-refractivity contribution in [1.29, 1.82) is 0 Å². The number of aryl methyl sites for hydroxylation is 1. The molecule has 1 saturated heterocycles. The molecule has 34 heavy (non-hydrogen) atoms. The summed E-state index contributed by atoms with van der Waals surface area (Å²) >= 11 is 0. The third-order valence-corrected chi connectivity index (χ3v) is 7.35. The summed E-state index contributed by atoms with van der Waals surface area (Å²) < 4.78 is 28.7. The molecule has 1 saturated carbocycles. The number of carbonyl (C=O) groups is 2. The van der Waals surface area contributed by atoms with E-state index < -0.39 is 5.82 Å². The van der Waals surface area contributed by atoms with Crippen molar-refractivity contribution in [2.24, 2.45) is 5.92 Å². The van der Waals surface area contributed by atoms with Crippen LogP contribution in [0, 0.1) is 24.5 Å². The molecule has 1 aliphatic heterocycles. The summed E-state index contributed by atoms with van der Waals surface area (Å²) in [4.78, 5) is 30.5. The van der Waals surface area contributed by atoms with Crippen molar-refractivity contribution in [2.75, 3.05) is 19.6 Å². The summed E-state index contributed by atoms with van der Waals surface area (Å²) in [5.74, 6) is -1.19. The standard InChI is InChI=1S/C28H28F2N2O2/c1-18-14-21(10-11-24(18)29)27(33)32-13-12-31(17-22-8-4-5-9-26(22)32)28(34)23-15-19-6-2-3-7-20(19)16-25(23)30/h2-3,6-7,10-11,14-16,22,26H,4-5,8-9,12-13,17H2,1H3. The van der Waals surface area contributed by atoms with Crippen LogP contribution in [0.1, 0.15) is 52.0 Å². The molecule has 0 bridgehead atoms. The van der Waals surface area contributed by atoms with Crippen LogP contribution in [0.25, 0.3) is 10.8 Å². The second kappa shape index (κ2) is 9.16. The van der Waals surface area contributed by atoms with E-state index in [1.54, 1.807) is 24.0 Å². The number of carbonyl (C=O) groups excluding carboxylic acids is 2. The maximum Gasteiger partial charge on any atom is 0.256 e. The monoisotopic (exact) mass is 462 g/mol. The SMILES string of the molecule is Cc1cc(C(=O)N2CCN(C(=O)c3cc4ccccc4cc3F)CC3CCCCC32)ccc1F. The zero-order valence-electron chi connectivity index (χ0n) is 19.3. The van der Waals surface area contributed by atoms with Crippen LogP contribution < -0.4 is 0 Å². The fourth-order valence-electron chi connectivity index (χ4n) is 5.51. The lowest BCUT2D eigenvalue weighted by atomic mass is 9.83. The molecule has 6 heteroatoms. The fraction of sp³-hybridized carbons (Fsp3) is 0.357. The van der Waals surface area contributed by atoms with E-state index >= 15 is 0 Å². The molecule has 2 atom stereocenters. The van der Waals surface area contributed by atoms with Crippen LogP contribution in [0.4, 0.5) is 8.78 Å². The van der Waals surface area contributed by atoms with Crippen LogP contribution in [0.3, 0.4) is 0 Å². The topological polar surface area (TPSA) is 40.6 Å². The van der Waals surface area contributed by atoms with Gasteiger partial charge in [0.15, 0.2) is 0 Å². The maximum absolute atomic E-state index is 14.9. The normalized spacial score (nSPS) is 20.7. The van der Waals surface area contributed by atoms with E-state index in [9.17, 15) is 18.4 Å². The molecule has 0 spiro atoms. The molecule has 0 N–H and O–H groups in total. The molecule has 0 radical (unpaired) electrons. The number of hydrogen-bond acceptors (Lipinski definition) is 2. The third kappa shape index (κ3) is 4.17. The summed E-state index contributed by atoms with van der Waals surface area (Å²) in [6.45, 7) is 2.86.